The van der Waals surface area contributed by atoms with Crippen molar-refractivity contribution in [3.63, 3.8) is 0 Å². The van der Waals surface area contributed by atoms with E-state index < -0.39 is 41.9 Å². The summed E-state index contributed by atoms with van der Waals surface area (Å²) in [5, 5.41) is 0. The summed E-state index contributed by atoms with van der Waals surface area (Å²) >= 11 is 0. The molecule has 0 saturated heterocycles. The van der Waals surface area contributed by atoms with Gasteiger partial charge < -0.3 is 4.74 Å². The standard InChI is InChI=1S/C7HF11O/c8-1-2(5(11,12)4(1,9)10)19-3(6(13,14)15)7(16,17)18/h3H. The molecular weight excluding hydrogens is 309 g/mol. The van der Waals surface area contributed by atoms with Gasteiger partial charge in [0.05, 0.1) is 0 Å². The van der Waals surface area contributed by atoms with E-state index in [2.05, 4.69) is 4.74 Å². The highest BCUT2D eigenvalue weighted by Crippen LogP contribution is 2.57. The van der Waals surface area contributed by atoms with Crippen LogP contribution in [0.25, 0.3) is 0 Å². The van der Waals surface area contributed by atoms with Crippen molar-refractivity contribution in [1.82, 2.24) is 0 Å². The molecule has 0 aliphatic heterocycles. The summed E-state index contributed by atoms with van der Waals surface area (Å²) in [4.78, 5) is 0. The largest absolute Gasteiger partial charge is 0.466 e. The van der Waals surface area contributed by atoms with Crippen LogP contribution >= 0.6 is 0 Å². The van der Waals surface area contributed by atoms with E-state index in [9.17, 15) is 48.3 Å². The average molecular weight is 310 g/mol. The van der Waals surface area contributed by atoms with E-state index in [1.165, 1.54) is 0 Å². The van der Waals surface area contributed by atoms with Gasteiger partial charge in [-0.1, -0.05) is 0 Å². The van der Waals surface area contributed by atoms with Gasteiger partial charge in [-0.2, -0.15) is 43.9 Å². The minimum absolute atomic E-state index is 2.70. The molecule has 0 amide bonds. The lowest BCUT2D eigenvalue weighted by Crippen LogP contribution is -2.56. The van der Waals surface area contributed by atoms with Crippen LogP contribution in [0.3, 0.4) is 0 Å². The average Bonchev–Trinajstić information content (AvgIpc) is 2.12. The Morgan fingerprint density at radius 3 is 1.42 bits per heavy atom. The van der Waals surface area contributed by atoms with Crippen molar-refractivity contribution in [2.45, 2.75) is 30.3 Å². The molecule has 1 rings (SSSR count). The molecule has 0 aromatic heterocycles. The first kappa shape index (κ1) is 15.8. The Kier molecular flexibility index (Phi) is 3.23. The fourth-order valence-electron chi connectivity index (χ4n) is 1.06. The number of halogens is 11. The van der Waals surface area contributed by atoms with Crippen molar-refractivity contribution < 1.29 is 53.0 Å². The second-order valence-electron chi connectivity index (χ2n) is 3.37. The van der Waals surface area contributed by atoms with Crippen molar-refractivity contribution in [1.29, 1.82) is 0 Å². The monoisotopic (exact) mass is 310 g/mol. The number of alkyl halides is 10. The highest BCUT2D eigenvalue weighted by atomic mass is 19.4. The molecule has 12 heteroatoms. The number of hydrogen-bond acceptors (Lipinski definition) is 1. The van der Waals surface area contributed by atoms with Crippen LogP contribution in [0.2, 0.25) is 0 Å². The molecule has 1 aliphatic carbocycles. The second kappa shape index (κ2) is 3.88. The third kappa shape index (κ3) is 2.31. The Morgan fingerprint density at radius 2 is 1.16 bits per heavy atom. The molecule has 0 radical (unpaired) electrons. The molecule has 0 fully saturated rings. The van der Waals surface area contributed by atoms with E-state index >= 15 is 0 Å². The highest BCUT2D eigenvalue weighted by Gasteiger charge is 2.76. The molecule has 0 unspecified atom stereocenters. The van der Waals surface area contributed by atoms with Crippen LogP contribution in [0.1, 0.15) is 0 Å². The van der Waals surface area contributed by atoms with Crippen molar-refractivity contribution in [2.24, 2.45) is 0 Å². The summed E-state index contributed by atoms with van der Waals surface area (Å²) in [6.45, 7) is 0. The molecule has 0 atom stereocenters. The Labute approximate surface area is 96.2 Å². The second-order valence-corrected chi connectivity index (χ2v) is 3.37. The number of hydrogen-bond donors (Lipinski definition) is 0. The fourth-order valence-corrected chi connectivity index (χ4v) is 1.06. The van der Waals surface area contributed by atoms with Crippen molar-refractivity contribution in [3.8, 4) is 0 Å². The lowest BCUT2D eigenvalue weighted by molar-refractivity contribution is -0.332. The van der Waals surface area contributed by atoms with Crippen LogP contribution in [-0.2, 0) is 4.74 Å². The Balaban J connectivity index is 3.12. The van der Waals surface area contributed by atoms with Gasteiger partial charge in [-0.15, -0.1) is 0 Å². The first-order valence-electron chi connectivity index (χ1n) is 4.10. The molecule has 112 valence electrons. The summed E-state index contributed by atoms with van der Waals surface area (Å²) in [6.07, 6.45) is -17.3. The van der Waals surface area contributed by atoms with Crippen LogP contribution in [0.4, 0.5) is 48.3 Å². The summed E-state index contributed by atoms with van der Waals surface area (Å²) in [7, 11) is 0. The minimum atomic E-state index is -6.23. The first-order chi connectivity index (χ1) is 8.13. The fraction of sp³-hybridized carbons (Fsp3) is 0.714. The minimum Gasteiger partial charge on any atom is -0.466 e. The summed E-state index contributed by atoms with van der Waals surface area (Å²) in [6, 6.07) is 0. The lowest BCUT2D eigenvalue weighted by Gasteiger charge is -2.38. The van der Waals surface area contributed by atoms with Gasteiger partial charge in [0.2, 0.25) is 11.6 Å². The van der Waals surface area contributed by atoms with Gasteiger partial charge in [-0.3, -0.25) is 0 Å². The lowest BCUT2D eigenvalue weighted by atomic mass is 9.95. The number of allylic oxidation sites excluding steroid dienone is 2. The maximum absolute atomic E-state index is 12.5. The Morgan fingerprint density at radius 1 is 0.789 bits per heavy atom. The molecule has 0 saturated carbocycles. The van der Waals surface area contributed by atoms with Gasteiger partial charge in [-0.25, -0.2) is 4.39 Å². The van der Waals surface area contributed by atoms with E-state index in [1.807, 2.05) is 0 Å². The third-order valence-corrected chi connectivity index (χ3v) is 1.98. The normalized spacial score (nSPS) is 22.5. The molecule has 1 aliphatic rings. The smallest absolute Gasteiger partial charge is 0.434 e. The maximum Gasteiger partial charge on any atom is 0.434 e. The number of rotatable bonds is 2. The van der Waals surface area contributed by atoms with Gasteiger partial charge in [-0.05, 0) is 0 Å². The van der Waals surface area contributed by atoms with E-state index in [-0.39, 0.29) is 0 Å². The van der Waals surface area contributed by atoms with Crippen LogP contribution < -0.4 is 0 Å². The van der Waals surface area contributed by atoms with Crippen molar-refractivity contribution in [2.75, 3.05) is 0 Å². The van der Waals surface area contributed by atoms with Crippen LogP contribution in [0.5, 0.6) is 0 Å². The Hall–Kier alpha value is -1.23. The van der Waals surface area contributed by atoms with E-state index in [4.69, 9.17) is 0 Å². The van der Waals surface area contributed by atoms with E-state index in [0.29, 0.717) is 0 Å². The van der Waals surface area contributed by atoms with E-state index in [0.717, 1.165) is 0 Å². The van der Waals surface area contributed by atoms with Gasteiger partial charge in [0, 0.05) is 0 Å². The topological polar surface area (TPSA) is 9.23 Å². The third-order valence-electron chi connectivity index (χ3n) is 1.98. The first-order valence-corrected chi connectivity index (χ1v) is 4.10. The molecule has 0 aromatic carbocycles. The van der Waals surface area contributed by atoms with Gasteiger partial charge in [0.25, 0.3) is 6.10 Å². The summed E-state index contributed by atoms with van der Waals surface area (Å²) in [5.41, 5.74) is 0. The van der Waals surface area contributed by atoms with Crippen molar-refractivity contribution >= 4 is 0 Å². The van der Waals surface area contributed by atoms with Gasteiger partial charge in [0.15, 0.2) is 0 Å². The SMILES string of the molecule is FC1=C(OC(C(F)(F)F)C(F)(F)F)C(F)(F)C1(F)F. The molecule has 1 nitrogen and oxygen atoms in total. The predicted molar refractivity (Wildman–Crippen MR) is 35.0 cm³/mol. The zero-order valence-electron chi connectivity index (χ0n) is 8.14. The molecule has 19 heavy (non-hydrogen) atoms. The van der Waals surface area contributed by atoms with Gasteiger partial charge in [0.1, 0.15) is 0 Å². The van der Waals surface area contributed by atoms with Crippen LogP contribution in [0.15, 0.2) is 11.6 Å². The van der Waals surface area contributed by atoms with Crippen molar-refractivity contribution in [3.05, 3.63) is 11.6 Å². The number of ether oxygens (including phenoxy) is 1. The predicted octanol–water partition coefficient (Wildman–Crippen LogP) is 3.96. The van der Waals surface area contributed by atoms with Crippen LogP contribution in [0, 0.1) is 0 Å². The quantitative estimate of drug-likeness (QED) is 0.702. The van der Waals surface area contributed by atoms with Gasteiger partial charge >= 0.3 is 24.2 Å². The van der Waals surface area contributed by atoms with E-state index in [1.54, 1.807) is 0 Å². The molecule has 0 heterocycles. The Bertz CT molecular complexity index is 386. The molecule has 0 spiro atoms. The molecule has 0 N–H and O–H groups in total. The zero-order valence-corrected chi connectivity index (χ0v) is 8.14. The highest BCUT2D eigenvalue weighted by molar-refractivity contribution is 5.35. The molecule has 0 bridgehead atoms. The molecular formula is C7HF11O. The maximum atomic E-state index is 12.5. The zero-order chi connectivity index (χ0) is 15.4. The molecule has 0 aromatic rings. The van der Waals surface area contributed by atoms with Crippen LogP contribution in [-0.4, -0.2) is 30.3 Å². The summed E-state index contributed by atoms with van der Waals surface area (Å²) in [5.74, 6) is -17.2. The summed E-state index contributed by atoms with van der Waals surface area (Å²) < 4.78 is 136.